The van der Waals surface area contributed by atoms with E-state index in [9.17, 15) is 0 Å². The summed E-state index contributed by atoms with van der Waals surface area (Å²) < 4.78 is 6.61. The van der Waals surface area contributed by atoms with E-state index in [1.807, 2.05) is 6.07 Å². The van der Waals surface area contributed by atoms with Crippen LogP contribution < -0.4 is 4.90 Å². The van der Waals surface area contributed by atoms with Crippen molar-refractivity contribution in [2.24, 2.45) is 0 Å². The van der Waals surface area contributed by atoms with Crippen LogP contribution in [0.15, 0.2) is 205 Å². The smallest absolute Gasteiger partial charge is 0.143 e. The van der Waals surface area contributed by atoms with E-state index in [0.717, 1.165) is 50.1 Å². The Morgan fingerprint density at radius 3 is 1.72 bits per heavy atom. The molecule has 9 aromatic carbocycles. The summed E-state index contributed by atoms with van der Waals surface area (Å²) in [5.74, 6) is 0. The van der Waals surface area contributed by atoms with Gasteiger partial charge in [-0.2, -0.15) is 0 Å². The first-order valence-electron chi connectivity index (χ1n) is 19.8. The molecule has 0 fully saturated rings. The molecule has 270 valence electrons. The van der Waals surface area contributed by atoms with E-state index >= 15 is 0 Å². The first kappa shape index (κ1) is 33.2. The van der Waals surface area contributed by atoms with Gasteiger partial charge in [0.1, 0.15) is 11.2 Å². The van der Waals surface area contributed by atoms with Crippen LogP contribution in [0.1, 0.15) is 25.0 Å². The van der Waals surface area contributed by atoms with Crippen molar-refractivity contribution in [1.82, 2.24) is 0 Å². The maximum Gasteiger partial charge on any atom is 0.143 e. The van der Waals surface area contributed by atoms with E-state index in [-0.39, 0.29) is 5.41 Å². The largest absolute Gasteiger partial charge is 0.455 e. The molecule has 1 aliphatic carbocycles. The topological polar surface area (TPSA) is 16.4 Å². The Bertz CT molecular complexity index is 3140. The Labute approximate surface area is 332 Å². The number of benzene rings is 9. The average molecular weight is 730 g/mol. The molecule has 2 nitrogen and oxygen atoms in total. The number of hydrogen-bond acceptors (Lipinski definition) is 2. The fraction of sp³-hybridized carbons (Fsp3) is 0.0545. The van der Waals surface area contributed by atoms with E-state index in [1.54, 1.807) is 0 Å². The molecule has 0 bridgehead atoms. The van der Waals surface area contributed by atoms with Crippen molar-refractivity contribution in [2.75, 3.05) is 4.90 Å². The summed E-state index contributed by atoms with van der Waals surface area (Å²) >= 11 is 0. The molecule has 0 saturated heterocycles. The summed E-state index contributed by atoms with van der Waals surface area (Å²) in [7, 11) is 0. The molecule has 11 rings (SSSR count). The van der Waals surface area contributed by atoms with Gasteiger partial charge in [-0.1, -0.05) is 178 Å². The Morgan fingerprint density at radius 2 is 0.912 bits per heavy atom. The molecule has 2 heteroatoms. The molecule has 57 heavy (non-hydrogen) atoms. The van der Waals surface area contributed by atoms with Gasteiger partial charge >= 0.3 is 0 Å². The van der Waals surface area contributed by atoms with Crippen LogP contribution in [0, 0.1) is 0 Å². The maximum atomic E-state index is 6.61. The Kier molecular flexibility index (Phi) is 7.55. The van der Waals surface area contributed by atoms with Crippen molar-refractivity contribution in [3.8, 4) is 44.5 Å². The highest BCUT2D eigenvalue weighted by Crippen LogP contribution is 2.52. The lowest BCUT2D eigenvalue weighted by atomic mass is 9.79. The van der Waals surface area contributed by atoms with Gasteiger partial charge < -0.3 is 9.32 Å². The lowest BCUT2D eigenvalue weighted by molar-refractivity contribution is 0.662. The molecule has 0 N–H and O–H groups in total. The molecular formula is C55H39NO. The number of furan rings is 1. The fourth-order valence-electron chi connectivity index (χ4n) is 9.43. The second-order valence-corrected chi connectivity index (χ2v) is 15.7. The highest BCUT2D eigenvalue weighted by molar-refractivity contribution is 6.11. The van der Waals surface area contributed by atoms with Crippen LogP contribution >= 0.6 is 0 Å². The minimum Gasteiger partial charge on any atom is -0.455 e. The highest BCUT2D eigenvalue weighted by atomic mass is 16.3. The van der Waals surface area contributed by atoms with E-state index < -0.39 is 0 Å². The standard InChI is InChI=1S/C55H39NO/c1-55(2)50-25-8-5-17-44(50)47-22-12-21-43(53(47)55)38-30-34-40(35-31-38)56(39-32-28-37(29-33-39)42-20-11-15-36-14-3-4-16-41(36)42)51-26-9-6-18-45(51)48-23-13-24-49-46-19-7-10-27-52(46)57-54(48)49/h3-35H,1-2H3. The molecule has 0 aliphatic heterocycles. The zero-order chi connectivity index (χ0) is 38.1. The predicted molar refractivity (Wildman–Crippen MR) is 240 cm³/mol. The van der Waals surface area contributed by atoms with Gasteiger partial charge in [0.05, 0.1) is 5.69 Å². The van der Waals surface area contributed by atoms with Crippen LogP contribution in [0.4, 0.5) is 17.1 Å². The van der Waals surface area contributed by atoms with Crippen LogP contribution in [0.5, 0.6) is 0 Å². The molecule has 0 atom stereocenters. The molecule has 1 aromatic heterocycles. The monoisotopic (exact) mass is 729 g/mol. The Morgan fingerprint density at radius 1 is 0.386 bits per heavy atom. The summed E-state index contributed by atoms with van der Waals surface area (Å²) in [5.41, 5.74) is 17.5. The van der Waals surface area contributed by atoms with Crippen molar-refractivity contribution in [1.29, 1.82) is 0 Å². The third-order valence-corrected chi connectivity index (χ3v) is 12.1. The van der Waals surface area contributed by atoms with Gasteiger partial charge in [-0.15, -0.1) is 0 Å². The highest BCUT2D eigenvalue weighted by Gasteiger charge is 2.37. The molecule has 0 unspecified atom stereocenters. The van der Waals surface area contributed by atoms with Gasteiger partial charge in [0, 0.05) is 38.7 Å². The number of nitrogens with zero attached hydrogens (tertiary/aromatic N) is 1. The van der Waals surface area contributed by atoms with Crippen LogP contribution in [0.2, 0.25) is 0 Å². The number of anilines is 3. The van der Waals surface area contributed by atoms with E-state index in [2.05, 4.69) is 213 Å². The first-order valence-corrected chi connectivity index (χ1v) is 19.8. The lowest BCUT2D eigenvalue weighted by Crippen LogP contribution is -2.16. The summed E-state index contributed by atoms with van der Waals surface area (Å²) in [6, 6.07) is 72.5. The molecule has 0 spiro atoms. The summed E-state index contributed by atoms with van der Waals surface area (Å²) in [4.78, 5) is 2.39. The second kappa shape index (κ2) is 13.0. The van der Waals surface area contributed by atoms with E-state index in [1.165, 1.54) is 55.3 Å². The summed E-state index contributed by atoms with van der Waals surface area (Å²) in [6.07, 6.45) is 0. The second-order valence-electron chi connectivity index (χ2n) is 15.7. The third kappa shape index (κ3) is 5.25. The average Bonchev–Trinajstić information content (AvgIpc) is 3.76. The minimum absolute atomic E-state index is 0.102. The zero-order valence-electron chi connectivity index (χ0n) is 31.9. The molecule has 1 aliphatic rings. The van der Waals surface area contributed by atoms with Crippen molar-refractivity contribution >= 4 is 49.8 Å². The van der Waals surface area contributed by atoms with E-state index in [0.29, 0.717) is 0 Å². The van der Waals surface area contributed by atoms with Gasteiger partial charge in [-0.25, -0.2) is 0 Å². The first-order chi connectivity index (χ1) is 28.0. The molecule has 1 heterocycles. The molecular weight excluding hydrogens is 691 g/mol. The van der Waals surface area contributed by atoms with Gasteiger partial charge in [-0.05, 0) is 91.7 Å². The number of rotatable bonds is 6. The zero-order valence-corrected chi connectivity index (χ0v) is 31.9. The summed E-state index contributed by atoms with van der Waals surface area (Å²) in [5, 5.41) is 4.74. The normalized spacial score (nSPS) is 12.9. The number of para-hydroxylation sites is 3. The SMILES string of the molecule is CC1(C)c2ccccc2-c2cccc(-c3ccc(N(c4ccc(-c5cccc6ccccc56)cc4)c4ccccc4-c4cccc5c4oc4ccccc45)cc3)c21. The van der Waals surface area contributed by atoms with Crippen LogP contribution in [0.25, 0.3) is 77.2 Å². The van der Waals surface area contributed by atoms with Crippen LogP contribution in [-0.4, -0.2) is 0 Å². The van der Waals surface area contributed by atoms with Crippen LogP contribution in [0.3, 0.4) is 0 Å². The molecule has 0 amide bonds. The van der Waals surface area contributed by atoms with Crippen molar-refractivity contribution in [3.63, 3.8) is 0 Å². The number of hydrogen-bond donors (Lipinski definition) is 0. The van der Waals surface area contributed by atoms with Gasteiger partial charge in [-0.3, -0.25) is 0 Å². The fourth-order valence-corrected chi connectivity index (χ4v) is 9.43. The maximum absolute atomic E-state index is 6.61. The van der Waals surface area contributed by atoms with Gasteiger partial charge in [0.25, 0.3) is 0 Å². The molecule has 0 radical (unpaired) electrons. The van der Waals surface area contributed by atoms with Crippen LogP contribution in [-0.2, 0) is 5.41 Å². The quantitative estimate of drug-likeness (QED) is 0.169. The Balaban J connectivity index is 1.07. The lowest BCUT2D eigenvalue weighted by Gasteiger charge is -2.28. The summed E-state index contributed by atoms with van der Waals surface area (Å²) in [6.45, 7) is 4.72. The van der Waals surface area contributed by atoms with Crippen molar-refractivity contribution < 1.29 is 4.42 Å². The van der Waals surface area contributed by atoms with Crippen molar-refractivity contribution in [2.45, 2.75) is 19.3 Å². The Hall–Kier alpha value is -7.16. The van der Waals surface area contributed by atoms with Gasteiger partial charge in [0.2, 0.25) is 0 Å². The van der Waals surface area contributed by atoms with Crippen molar-refractivity contribution in [3.05, 3.63) is 211 Å². The minimum atomic E-state index is -0.102. The molecule has 10 aromatic rings. The predicted octanol–water partition coefficient (Wildman–Crippen LogP) is 15.5. The number of fused-ring (bicyclic) bond motifs is 7. The van der Waals surface area contributed by atoms with E-state index in [4.69, 9.17) is 4.42 Å². The molecule has 0 saturated carbocycles. The third-order valence-electron chi connectivity index (χ3n) is 12.1. The van der Waals surface area contributed by atoms with Gasteiger partial charge in [0.15, 0.2) is 0 Å².